The van der Waals surface area contributed by atoms with E-state index in [1.165, 1.54) is 11.3 Å². The van der Waals surface area contributed by atoms with Crippen LogP contribution < -0.4 is 5.32 Å². The summed E-state index contributed by atoms with van der Waals surface area (Å²) in [5.74, 6) is 0.168. The first kappa shape index (κ1) is 20.0. The van der Waals surface area contributed by atoms with Crippen LogP contribution in [0.15, 0.2) is 12.1 Å². The van der Waals surface area contributed by atoms with Crippen molar-refractivity contribution in [1.29, 1.82) is 0 Å². The van der Waals surface area contributed by atoms with E-state index in [4.69, 9.17) is 11.6 Å². The van der Waals surface area contributed by atoms with Crippen LogP contribution in [0.5, 0.6) is 0 Å². The summed E-state index contributed by atoms with van der Waals surface area (Å²) in [7, 11) is 1.85. The molecule has 1 amide bonds. The van der Waals surface area contributed by atoms with Crippen LogP contribution in [0.1, 0.15) is 4.88 Å². The van der Waals surface area contributed by atoms with Gasteiger partial charge in [0, 0.05) is 38.1 Å². The first-order valence-electron chi connectivity index (χ1n) is 6.06. The van der Waals surface area contributed by atoms with Gasteiger partial charge < -0.3 is 10.2 Å². The molecule has 0 saturated carbocycles. The molecule has 1 fully saturated rings. The fourth-order valence-corrected chi connectivity index (χ4v) is 3.08. The predicted molar refractivity (Wildman–Crippen MR) is 89.6 cm³/mol. The normalized spacial score (nSPS) is 15.1. The van der Waals surface area contributed by atoms with Gasteiger partial charge >= 0.3 is 0 Å². The second-order valence-corrected chi connectivity index (χ2v) is 6.28. The van der Waals surface area contributed by atoms with Crippen molar-refractivity contribution >= 4 is 53.7 Å². The standard InChI is InChI=1S/C12H18ClN3OS.2ClH/c1-15(8-10-2-3-11(13)18-10)12(17)9-16-6-4-14-5-7-16;;/h2-3,14H,4-9H2,1H3;2*1H. The van der Waals surface area contributed by atoms with Crippen LogP contribution in [0.3, 0.4) is 0 Å². The Morgan fingerprint density at radius 1 is 1.40 bits per heavy atom. The van der Waals surface area contributed by atoms with E-state index in [0.717, 1.165) is 35.4 Å². The molecule has 1 N–H and O–H groups in total. The molecule has 8 heteroatoms. The molecule has 116 valence electrons. The number of nitrogens with one attached hydrogen (secondary N) is 1. The van der Waals surface area contributed by atoms with Gasteiger partial charge in [0.15, 0.2) is 0 Å². The average molecular weight is 361 g/mol. The Hall–Kier alpha value is -0.0400. The number of piperazine rings is 1. The third kappa shape index (κ3) is 6.16. The molecule has 1 aromatic rings. The molecule has 1 aliphatic heterocycles. The van der Waals surface area contributed by atoms with Crippen molar-refractivity contribution in [2.75, 3.05) is 39.8 Å². The number of carbonyl (C=O) groups excluding carboxylic acids is 1. The zero-order chi connectivity index (χ0) is 13.0. The fraction of sp³-hybridized carbons (Fsp3) is 0.583. The summed E-state index contributed by atoms with van der Waals surface area (Å²) in [5.41, 5.74) is 0. The maximum absolute atomic E-state index is 12.1. The monoisotopic (exact) mass is 359 g/mol. The third-order valence-corrected chi connectivity index (χ3v) is 4.23. The van der Waals surface area contributed by atoms with Gasteiger partial charge in [0.2, 0.25) is 5.91 Å². The molecule has 0 bridgehead atoms. The zero-order valence-electron chi connectivity index (χ0n) is 11.3. The van der Waals surface area contributed by atoms with Gasteiger partial charge in [-0.3, -0.25) is 9.69 Å². The molecule has 1 aliphatic rings. The summed E-state index contributed by atoms with van der Waals surface area (Å²) >= 11 is 7.41. The van der Waals surface area contributed by atoms with E-state index < -0.39 is 0 Å². The Balaban J connectivity index is 0.00000180. The van der Waals surface area contributed by atoms with Crippen molar-refractivity contribution in [2.45, 2.75) is 6.54 Å². The SMILES string of the molecule is CN(Cc1ccc(Cl)s1)C(=O)CN1CCNCC1.Cl.Cl. The Bertz CT molecular complexity index is 410. The van der Waals surface area contributed by atoms with Gasteiger partial charge in [0.1, 0.15) is 0 Å². The van der Waals surface area contributed by atoms with E-state index in [-0.39, 0.29) is 30.7 Å². The highest BCUT2D eigenvalue weighted by Gasteiger charge is 2.16. The molecule has 0 radical (unpaired) electrons. The maximum atomic E-state index is 12.1. The van der Waals surface area contributed by atoms with Gasteiger partial charge in [-0.15, -0.1) is 36.2 Å². The molecule has 2 rings (SSSR count). The van der Waals surface area contributed by atoms with Gasteiger partial charge in [-0.25, -0.2) is 0 Å². The molecule has 0 aromatic carbocycles. The minimum absolute atomic E-state index is 0. The van der Waals surface area contributed by atoms with Gasteiger partial charge in [-0.1, -0.05) is 11.6 Å². The predicted octanol–water partition coefficient (Wildman–Crippen LogP) is 2.11. The van der Waals surface area contributed by atoms with Crippen molar-refractivity contribution < 1.29 is 4.79 Å². The van der Waals surface area contributed by atoms with E-state index in [0.29, 0.717) is 13.1 Å². The number of rotatable bonds is 4. The number of nitrogens with zero attached hydrogens (tertiary/aromatic N) is 2. The maximum Gasteiger partial charge on any atom is 0.236 e. The number of hydrogen-bond acceptors (Lipinski definition) is 4. The minimum atomic E-state index is 0. The lowest BCUT2D eigenvalue weighted by atomic mass is 10.3. The zero-order valence-corrected chi connectivity index (χ0v) is 14.5. The molecule has 4 nitrogen and oxygen atoms in total. The topological polar surface area (TPSA) is 35.6 Å². The third-order valence-electron chi connectivity index (χ3n) is 3.02. The lowest BCUT2D eigenvalue weighted by Gasteiger charge is -2.28. The van der Waals surface area contributed by atoms with Gasteiger partial charge in [-0.05, 0) is 12.1 Å². The highest BCUT2D eigenvalue weighted by Crippen LogP contribution is 2.22. The molecule has 2 heterocycles. The van der Waals surface area contributed by atoms with E-state index in [1.807, 2.05) is 19.2 Å². The molecule has 0 atom stereocenters. The highest BCUT2D eigenvalue weighted by atomic mass is 35.5. The highest BCUT2D eigenvalue weighted by molar-refractivity contribution is 7.16. The fourth-order valence-electron chi connectivity index (χ4n) is 1.94. The van der Waals surface area contributed by atoms with Crippen molar-refractivity contribution in [3.63, 3.8) is 0 Å². The van der Waals surface area contributed by atoms with Crippen LogP contribution in [0, 0.1) is 0 Å². The summed E-state index contributed by atoms with van der Waals surface area (Å²) < 4.78 is 0.771. The molecule has 0 spiro atoms. The van der Waals surface area contributed by atoms with Crippen LogP contribution in [-0.4, -0.2) is 55.5 Å². The van der Waals surface area contributed by atoms with Crippen LogP contribution >= 0.6 is 47.8 Å². The second kappa shape index (κ2) is 9.82. The van der Waals surface area contributed by atoms with Gasteiger partial charge in [0.25, 0.3) is 0 Å². The number of hydrogen-bond donors (Lipinski definition) is 1. The summed E-state index contributed by atoms with van der Waals surface area (Å²) in [6.07, 6.45) is 0. The number of halogens is 3. The Kier molecular flexibility index (Phi) is 9.80. The lowest BCUT2D eigenvalue weighted by molar-refractivity contribution is -0.131. The van der Waals surface area contributed by atoms with Gasteiger partial charge in [-0.2, -0.15) is 0 Å². The first-order valence-corrected chi connectivity index (χ1v) is 7.26. The van der Waals surface area contributed by atoms with Crippen LogP contribution in [0.2, 0.25) is 4.34 Å². The van der Waals surface area contributed by atoms with Crippen molar-refractivity contribution in [1.82, 2.24) is 15.1 Å². The Labute approximate surface area is 141 Å². The molecular formula is C12H20Cl3N3OS. The number of thiophene rings is 1. The minimum Gasteiger partial charge on any atom is -0.340 e. The van der Waals surface area contributed by atoms with Crippen LogP contribution in [0.25, 0.3) is 0 Å². The van der Waals surface area contributed by atoms with Crippen LogP contribution in [-0.2, 0) is 11.3 Å². The summed E-state index contributed by atoms with van der Waals surface area (Å²) in [4.78, 5) is 17.1. The first-order chi connectivity index (χ1) is 8.65. The summed E-state index contributed by atoms with van der Waals surface area (Å²) in [6, 6.07) is 3.85. The molecule has 0 aliphatic carbocycles. The van der Waals surface area contributed by atoms with Crippen molar-refractivity contribution in [3.8, 4) is 0 Å². The Morgan fingerprint density at radius 2 is 2.05 bits per heavy atom. The lowest BCUT2D eigenvalue weighted by Crippen LogP contribution is -2.47. The number of carbonyl (C=O) groups is 1. The largest absolute Gasteiger partial charge is 0.340 e. The molecule has 1 saturated heterocycles. The quantitative estimate of drug-likeness (QED) is 0.893. The number of amides is 1. The second-order valence-electron chi connectivity index (χ2n) is 4.48. The van der Waals surface area contributed by atoms with Crippen molar-refractivity contribution in [3.05, 3.63) is 21.3 Å². The summed E-state index contributed by atoms with van der Waals surface area (Å²) in [6.45, 7) is 4.99. The van der Waals surface area contributed by atoms with E-state index in [2.05, 4.69) is 10.2 Å². The summed E-state index contributed by atoms with van der Waals surface area (Å²) in [5, 5.41) is 3.28. The molecule has 0 unspecified atom stereocenters. The average Bonchev–Trinajstić information content (AvgIpc) is 2.76. The van der Waals surface area contributed by atoms with E-state index in [9.17, 15) is 4.79 Å². The molecule has 1 aromatic heterocycles. The molecular weight excluding hydrogens is 341 g/mol. The van der Waals surface area contributed by atoms with Crippen molar-refractivity contribution in [2.24, 2.45) is 0 Å². The van der Waals surface area contributed by atoms with Gasteiger partial charge in [0.05, 0.1) is 17.4 Å². The van der Waals surface area contributed by atoms with E-state index >= 15 is 0 Å². The Morgan fingerprint density at radius 3 is 2.60 bits per heavy atom. The molecule has 20 heavy (non-hydrogen) atoms. The van der Waals surface area contributed by atoms with Crippen LogP contribution in [0.4, 0.5) is 0 Å². The van der Waals surface area contributed by atoms with E-state index in [1.54, 1.807) is 4.90 Å². The smallest absolute Gasteiger partial charge is 0.236 e. The number of likely N-dealkylation sites (N-methyl/N-ethyl adjacent to an activating group) is 1.